The standard InChI is InChI=1S/C26H29N3O3/c1-5-27-25-24-21(16-23(30-3)26(25)31-4)28-17-29(2)22(24)15-18-11-13-20(14-12-18)32-19-9-7-6-8-10-19/h6-14,16-17,22,27H,5,15H2,1-4H3. The van der Waals surface area contributed by atoms with Crippen LogP contribution in [0.5, 0.6) is 23.0 Å². The zero-order valence-corrected chi connectivity index (χ0v) is 19.0. The maximum atomic E-state index is 5.94. The summed E-state index contributed by atoms with van der Waals surface area (Å²) in [7, 11) is 5.37. The molecule has 0 saturated heterocycles. The van der Waals surface area contributed by atoms with Crippen LogP contribution in [0.2, 0.25) is 0 Å². The van der Waals surface area contributed by atoms with E-state index in [-0.39, 0.29) is 6.04 Å². The normalized spacial score (nSPS) is 14.6. The Morgan fingerprint density at radius 1 is 0.969 bits per heavy atom. The van der Waals surface area contributed by atoms with Crippen LogP contribution < -0.4 is 19.5 Å². The molecule has 166 valence electrons. The van der Waals surface area contributed by atoms with E-state index in [1.165, 1.54) is 5.56 Å². The van der Waals surface area contributed by atoms with Gasteiger partial charge in [-0.25, -0.2) is 4.99 Å². The highest BCUT2D eigenvalue weighted by atomic mass is 16.5. The fraction of sp³-hybridized carbons (Fsp3) is 0.269. The second kappa shape index (κ2) is 9.64. The van der Waals surface area contributed by atoms with E-state index in [4.69, 9.17) is 14.2 Å². The Labute approximate surface area is 189 Å². The third-order valence-corrected chi connectivity index (χ3v) is 5.58. The number of nitrogens with zero attached hydrogens (tertiary/aromatic N) is 2. The van der Waals surface area contributed by atoms with Gasteiger partial charge in [0, 0.05) is 25.2 Å². The Hall–Kier alpha value is -3.67. The number of likely N-dealkylation sites (N-methyl/N-ethyl adjacent to an activating group) is 1. The predicted molar refractivity (Wildman–Crippen MR) is 129 cm³/mol. The van der Waals surface area contributed by atoms with Gasteiger partial charge >= 0.3 is 0 Å². The minimum Gasteiger partial charge on any atom is -0.493 e. The van der Waals surface area contributed by atoms with Crippen LogP contribution in [0.25, 0.3) is 0 Å². The number of rotatable bonds is 8. The van der Waals surface area contributed by atoms with Crippen LogP contribution in [-0.4, -0.2) is 39.1 Å². The maximum Gasteiger partial charge on any atom is 0.184 e. The number of anilines is 1. The first-order valence-electron chi connectivity index (χ1n) is 10.7. The molecule has 32 heavy (non-hydrogen) atoms. The molecule has 0 saturated carbocycles. The average molecular weight is 432 g/mol. The lowest BCUT2D eigenvalue weighted by atomic mass is 9.93. The molecule has 1 aliphatic rings. The van der Waals surface area contributed by atoms with Crippen LogP contribution in [0, 0.1) is 0 Å². The van der Waals surface area contributed by atoms with Crippen molar-refractivity contribution in [1.82, 2.24) is 4.90 Å². The number of methoxy groups -OCH3 is 2. The van der Waals surface area contributed by atoms with Crippen molar-refractivity contribution in [3.63, 3.8) is 0 Å². The Bertz CT molecular complexity index is 1080. The summed E-state index contributed by atoms with van der Waals surface area (Å²) in [4.78, 5) is 6.80. The SMILES string of the molecule is CCNc1c(OC)c(OC)cc2c1C(Cc1ccc(Oc3ccccc3)cc1)N(C)C=N2. The molecule has 0 spiro atoms. The van der Waals surface area contributed by atoms with E-state index >= 15 is 0 Å². The number of ether oxygens (including phenoxy) is 3. The molecule has 1 unspecified atom stereocenters. The summed E-state index contributed by atoms with van der Waals surface area (Å²) >= 11 is 0. The molecule has 3 aromatic rings. The fourth-order valence-corrected chi connectivity index (χ4v) is 4.02. The Morgan fingerprint density at radius 3 is 2.34 bits per heavy atom. The quantitative estimate of drug-likeness (QED) is 0.487. The summed E-state index contributed by atoms with van der Waals surface area (Å²) in [5.74, 6) is 3.02. The van der Waals surface area contributed by atoms with Crippen LogP contribution in [0.15, 0.2) is 65.7 Å². The molecular weight excluding hydrogens is 402 g/mol. The smallest absolute Gasteiger partial charge is 0.184 e. The summed E-state index contributed by atoms with van der Waals surface area (Å²) < 4.78 is 17.2. The number of fused-ring (bicyclic) bond motifs is 1. The third-order valence-electron chi connectivity index (χ3n) is 5.58. The van der Waals surface area contributed by atoms with Gasteiger partial charge in [0.2, 0.25) is 0 Å². The van der Waals surface area contributed by atoms with Crippen molar-refractivity contribution in [2.75, 3.05) is 33.1 Å². The maximum absolute atomic E-state index is 5.94. The van der Waals surface area contributed by atoms with E-state index in [1.54, 1.807) is 14.2 Å². The molecule has 0 radical (unpaired) electrons. The number of hydrogen-bond acceptors (Lipinski definition) is 6. The summed E-state index contributed by atoms with van der Waals surface area (Å²) in [6.07, 6.45) is 2.69. The van der Waals surface area contributed by atoms with Crippen molar-refractivity contribution in [1.29, 1.82) is 0 Å². The number of nitrogens with one attached hydrogen (secondary N) is 1. The number of para-hydroxylation sites is 1. The Kier molecular flexibility index (Phi) is 6.50. The van der Waals surface area contributed by atoms with Crippen molar-refractivity contribution < 1.29 is 14.2 Å². The van der Waals surface area contributed by atoms with E-state index in [2.05, 4.69) is 41.3 Å². The molecule has 3 aromatic carbocycles. The second-order valence-electron chi connectivity index (χ2n) is 7.64. The molecule has 1 N–H and O–H groups in total. The average Bonchev–Trinajstić information content (AvgIpc) is 2.82. The van der Waals surface area contributed by atoms with Crippen LogP contribution in [0.4, 0.5) is 11.4 Å². The van der Waals surface area contributed by atoms with Crippen molar-refractivity contribution in [3.8, 4) is 23.0 Å². The summed E-state index contributed by atoms with van der Waals surface area (Å²) in [6.45, 7) is 2.84. The molecule has 0 aliphatic carbocycles. The van der Waals surface area contributed by atoms with Gasteiger partial charge in [-0.1, -0.05) is 30.3 Å². The Morgan fingerprint density at radius 2 is 1.69 bits per heavy atom. The number of aliphatic imine (C=N–C) groups is 1. The van der Waals surface area contributed by atoms with Gasteiger partial charge in [0.1, 0.15) is 11.5 Å². The van der Waals surface area contributed by atoms with Gasteiger partial charge in [0.05, 0.1) is 38.0 Å². The van der Waals surface area contributed by atoms with Gasteiger partial charge in [-0.3, -0.25) is 0 Å². The molecule has 0 amide bonds. The van der Waals surface area contributed by atoms with Crippen LogP contribution >= 0.6 is 0 Å². The van der Waals surface area contributed by atoms with E-state index in [9.17, 15) is 0 Å². The van der Waals surface area contributed by atoms with E-state index in [0.29, 0.717) is 11.5 Å². The highest BCUT2D eigenvalue weighted by molar-refractivity contribution is 5.81. The molecule has 4 rings (SSSR count). The van der Waals surface area contributed by atoms with Gasteiger partial charge in [-0.15, -0.1) is 0 Å². The highest BCUT2D eigenvalue weighted by Crippen LogP contribution is 2.49. The Balaban J connectivity index is 1.64. The van der Waals surface area contributed by atoms with Crippen molar-refractivity contribution in [2.45, 2.75) is 19.4 Å². The fourth-order valence-electron chi connectivity index (χ4n) is 4.02. The zero-order chi connectivity index (χ0) is 22.5. The monoisotopic (exact) mass is 431 g/mol. The van der Waals surface area contributed by atoms with E-state index in [0.717, 1.165) is 41.4 Å². The molecule has 1 heterocycles. The first-order chi connectivity index (χ1) is 15.6. The number of hydrogen-bond donors (Lipinski definition) is 1. The lowest BCUT2D eigenvalue weighted by Gasteiger charge is -2.34. The van der Waals surface area contributed by atoms with Gasteiger partial charge in [0.25, 0.3) is 0 Å². The van der Waals surface area contributed by atoms with Crippen molar-refractivity contribution in [3.05, 3.63) is 71.8 Å². The second-order valence-corrected chi connectivity index (χ2v) is 7.64. The first-order valence-corrected chi connectivity index (χ1v) is 10.7. The van der Waals surface area contributed by atoms with Crippen LogP contribution in [0.1, 0.15) is 24.1 Å². The lowest BCUT2D eigenvalue weighted by Crippen LogP contribution is -2.28. The first kappa shape index (κ1) is 21.6. The zero-order valence-electron chi connectivity index (χ0n) is 19.0. The summed E-state index contributed by atoms with van der Waals surface area (Å²) in [6, 6.07) is 20.1. The van der Waals surface area contributed by atoms with Gasteiger partial charge in [0.15, 0.2) is 11.5 Å². The van der Waals surface area contributed by atoms with E-state index < -0.39 is 0 Å². The molecule has 0 fully saturated rings. The lowest BCUT2D eigenvalue weighted by molar-refractivity contribution is 0.349. The van der Waals surface area contributed by atoms with Crippen molar-refractivity contribution in [2.24, 2.45) is 4.99 Å². The molecule has 0 aromatic heterocycles. The van der Waals surface area contributed by atoms with Gasteiger partial charge < -0.3 is 24.4 Å². The summed E-state index contributed by atoms with van der Waals surface area (Å²) in [5.41, 5.74) is 4.15. The van der Waals surface area contributed by atoms with Gasteiger partial charge in [-0.05, 0) is 43.2 Å². The van der Waals surface area contributed by atoms with Crippen LogP contribution in [-0.2, 0) is 6.42 Å². The van der Waals surface area contributed by atoms with Gasteiger partial charge in [-0.2, -0.15) is 0 Å². The summed E-state index contributed by atoms with van der Waals surface area (Å²) in [5, 5.41) is 3.48. The largest absolute Gasteiger partial charge is 0.493 e. The van der Waals surface area contributed by atoms with Crippen LogP contribution in [0.3, 0.4) is 0 Å². The molecule has 1 aliphatic heterocycles. The molecule has 6 heteroatoms. The molecule has 0 bridgehead atoms. The topological polar surface area (TPSA) is 55.3 Å². The number of benzene rings is 3. The minimum absolute atomic E-state index is 0.0947. The third kappa shape index (κ3) is 4.35. The minimum atomic E-state index is 0.0947. The molecule has 6 nitrogen and oxygen atoms in total. The highest BCUT2D eigenvalue weighted by Gasteiger charge is 2.30. The predicted octanol–water partition coefficient (Wildman–Crippen LogP) is 5.82. The van der Waals surface area contributed by atoms with E-state index in [1.807, 2.05) is 54.9 Å². The van der Waals surface area contributed by atoms with Crippen molar-refractivity contribution >= 4 is 17.7 Å². The molecular formula is C26H29N3O3. The molecule has 1 atom stereocenters.